The molecule has 1 aliphatic heterocycles. The van der Waals surface area contributed by atoms with Crippen molar-refractivity contribution in [1.29, 1.82) is 0 Å². The molecule has 2 aromatic rings. The minimum atomic E-state index is -2.76. The van der Waals surface area contributed by atoms with Crippen LogP contribution in [0.4, 0.5) is 0 Å². The van der Waals surface area contributed by atoms with E-state index in [1.165, 1.54) is 64.2 Å². The Morgan fingerprint density at radius 2 is 0.865 bits per heavy atom. The molecule has 37 heavy (non-hydrogen) atoms. The van der Waals surface area contributed by atoms with E-state index in [2.05, 4.69) is 60.7 Å². The third-order valence-corrected chi connectivity index (χ3v) is 28.4. The van der Waals surface area contributed by atoms with Crippen molar-refractivity contribution in [3.05, 3.63) is 81.9 Å². The van der Waals surface area contributed by atoms with E-state index in [-0.39, 0.29) is 24.8 Å². The number of rotatable bonds is 4. The topological polar surface area (TPSA) is 0 Å². The predicted molar refractivity (Wildman–Crippen MR) is 144 cm³/mol. The Kier molecular flexibility index (Phi) is 7.48. The second-order valence-corrected chi connectivity index (χ2v) is 24.3. The molecule has 6 aliphatic rings. The van der Waals surface area contributed by atoms with Gasteiger partial charge in [0.25, 0.3) is 0 Å². The predicted octanol–water partition coefficient (Wildman–Crippen LogP) is 3.97. The molecular formula is C34H40Cl2Zr. The number of hydrogen-bond donors (Lipinski definition) is 0. The fourth-order valence-corrected chi connectivity index (χ4v) is 33.6. The molecule has 194 valence electrons. The van der Waals surface area contributed by atoms with Crippen LogP contribution >= 0.6 is 0 Å². The van der Waals surface area contributed by atoms with Crippen molar-refractivity contribution in [2.75, 3.05) is 0 Å². The van der Waals surface area contributed by atoms with E-state index in [1.807, 2.05) is 11.1 Å². The van der Waals surface area contributed by atoms with E-state index in [1.54, 1.807) is 35.1 Å². The average molecular weight is 611 g/mol. The van der Waals surface area contributed by atoms with Gasteiger partial charge in [0.2, 0.25) is 0 Å². The van der Waals surface area contributed by atoms with Gasteiger partial charge in [0.1, 0.15) is 0 Å². The summed E-state index contributed by atoms with van der Waals surface area (Å²) in [6.45, 7) is 0. The maximum absolute atomic E-state index is 2.76. The number of fused-ring (bicyclic) bond motifs is 3. The van der Waals surface area contributed by atoms with Crippen molar-refractivity contribution in [3.8, 4) is 0 Å². The summed E-state index contributed by atoms with van der Waals surface area (Å²) in [4.78, 5) is 0. The molecule has 0 nitrogen and oxygen atoms in total. The monoisotopic (exact) mass is 608 g/mol. The summed E-state index contributed by atoms with van der Waals surface area (Å²) in [6, 6.07) is 19.5. The molecule has 0 N–H and O–H groups in total. The fourth-order valence-electron chi connectivity index (χ4n) is 10.3. The van der Waals surface area contributed by atoms with Crippen molar-refractivity contribution in [3.63, 3.8) is 0 Å². The van der Waals surface area contributed by atoms with Crippen molar-refractivity contribution >= 4 is 12.2 Å². The number of allylic oxidation sites excluding steroid dienone is 2. The third kappa shape index (κ3) is 3.91. The molecule has 4 unspecified atom stereocenters. The molecule has 0 radical (unpaired) electrons. The minimum absolute atomic E-state index is 0. The molecule has 1 saturated heterocycles. The molecular weight excluding hydrogens is 571 g/mol. The summed E-state index contributed by atoms with van der Waals surface area (Å²) >= 11 is -2.76. The van der Waals surface area contributed by atoms with E-state index < -0.39 is 20.3 Å². The largest absolute Gasteiger partial charge is 1.00 e. The van der Waals surface area contributed by atoms with Gasteiger partial charge in [-0.15, -0.1) is 0 Å². The molecule has 5 aliphatic carbocycles. The number of halogens is 2. The normalized spacial score (nSPS) is 32.3. The van der Waals surface area contributed by atoms with Gasteiger partial charge in [0, 0.05) is 0 Å². The molecule has 3 heteroatoms. The van der Waals surface area contributed by atoms with Gasteiger partial charge < -0.3 is 24.8 Å². The molecule has 0 spiro atoms. The van der Waals surface area contributed by atoms with E-state index in [9.17, 15) is 0 Å². The Morgan fingerprint density at radius 3 is 1.30 bits per heavy atom. The van der Waals surface area contributed by atoms with Gasteiger partial charge in [0.05, 0.1) is 0 Å². The first-order valence-electron chi connectivity index (χ1n) is 15.0. The zero-order valence-corrected chi connectivity index (χ0v) is 25.9. The van der Waals surface area contributed by atoms with Gasteiger partial charge in [-0.05, 0) is 0 Å². The van der Waals surface area contributed by atoms with Gasteiger partial charge in [-0.3, -0.25) is 0 Å². The van der Waals surface area contributed by atoms with Crippen LogP contribution in [0.25, 0.3) is 12.2 Å². The van der Waals surface area contributed by atoms with Crippen LogP contribution in [0.2, 0.25) is 7.25 Å². The molecule has 0 amide bonds. The Hall–Kier alpha value is -0.617. The van der Waals surface area contributed by atoms with E-state index in [0.29, 0.717) is 0 Å². The van der Waals surface area contributed by atoms with Crippen LogP contribution < -0.4 is 24.8 Å². The van der Waals surface area contributed by atoms with Crippen molar-refractivity contribution in [1.82, 2.24) is 0 Å². The first kappa shape index (κ1) is 26.6. The molecule has 1 heterocycles. The minimum Gasteiger partial charge on any atom is -1.00 e. The van der Waals surface area contributed by atoms with E-state index >= 15 is 0 Å². The van der Waals surface area contributed by atoms with Gasteiger partial charge >= 0.3 is 218 Å². The maximum Gasteiger partial charge on any atom is -1.00 e. The van der Waals surface area contributed by atoms with Gasteiger partial charge in [0.15, 0.2) is 0 Å². The first-order valence-corrected chi connectivity index (χ1v) is 20.7. The molecule has 0 bridgehead atoms. The zero-order valence-electron chi connectivity index (χ0n) is 22.0. The van der Waals surface area contributed by atoms with Crippen LogP contribution in [-0.4, -0.2) is 0 Å². The van der Waals surface area contributed by atoms with Crippen molar-refractivity contribution < 1.29 is 45.1 Å². The number of benzene rings is 2. The van der Waals surface area contributed by atoms with Crippen molar-refractivity contribution in [2.45, 2.75) is 91.6 Å². The maximum atomic E-state index is 2.75. The van der Waals surface area contributed by atoms with Crippen LogP contribution in [-0.2, 0) is 20.3 Å². The second kappa shape index (κ2) is 10.4. The van der Waals surface area contributed by atoms with Gasteiger partial charge in [-0.1, -0.05) is 0 Å². The fraction of sp³-hybridized carbons (Fsp3) is 0.529. The number of hydrogen-bond acceptors (Lipinski definition) is 0. The summed E-state index contributed by atoms with van der Waals surface area (Å²) in [5, 5.41) is 0. The molecule has 0 aromatic heterocycles. The average Bonchev–Trinajstić information content (AvgIpc) is 3.55. The summed E-state index contributed by atoms with van der Waals surface area (Å²) in [6.07, 6.45) is 23.3. The SMILES string of the molecule is C1=C(C2CCCC2)[CH]([Zr+2]2([CH]3C(C4CCCC4)=Cc4ccccc43)[CH]3CCCC[CH]32)c2ccccc21.[Cl-].[Cl-]. The van der Waals surface area contributed by atoms with E-state index in [0.717, 1.165) is 26.3 Å². The summed E-state index contributed by atoms with van der Waals surface area (Å²) in [7, 11) is 0. The molecule has 4 atom stereocenters. The Labute approximate surface area is 241 Å². The molecule has 2 aromatic carbocycles. The van der Waals surface area contributed by atoms with Crippen LogP contribution in [0.3, 0.4) is 0 Å². The van der Waals surface area contributed by atoms with Crippen LogP contribution in [0.15, 0.2) is 59.7 Å². The quantitative estimate of drug-likeness (QED) is 0.492. The Balaban J connectivity index is 0.00000126. The molecule has 4 fully saturated rings. The smallest absolute Gasteiger partial charge is 1.00 e. The summed E-state index contributed by atoms with van der Waals surface area (Å²) in [5.41, 5.74) is 10.7. The summed E-state index contributed by atoms with van der Waals surface area (Å²) in [5.74, 6) is 1.75. The van der Waals surface area contributed by atoms with Crippen molar-refractivity contribution in [2.24, 2.45) is 11.8 Å². The Morgan fingerprint density at radius 1 is 0.486 bits per heavy atom. The Bertz CT molecular complexity index is 1120. The first-order chi connectivity index (χ1) is 17.4. The third-order valence-electron chi connectivity index (χ3n) is 11.5. The zero-order chi connectivity index (χ0) is 23.0. The molecule has 8 rings (SSSR count). The second-order valence-electron chi connectivity index (χ2n) is 12.9. The molecule has 3 saturated carbocycles. The standard InChI is InChI=1S/2C14H15.C6H10.2ClH.Zr/c2*1-2-6-11(5-1)14-9-12-7-3-4-8-13(12)10-14;1-2-4-6-5-3-1;;;/h2*3-4,7-11H,1-2,5-6H2;1-2H,3-6H2;2*1H;/q;;;;;+2/p-2. The van der Waals surface area contributed by atoms with Crippen LogP contribution in [0.1, 0.15) is 107 Å². The van der Waals surface area contributed by atoms with Crippen LogP contribution in [0.5, 0.6) is 0 Å². The van der Waals surface area contributed by atoms with Gasteiger partial charge in [-0.25, -0.2) is 0 Å². The van der Waals surface area contributed by atoms with Gasteiger partial charge in [-0.2, -0.15) is 0 Å². The summed E-state index contributed by atoms with van der Waals surface area (Å²) < 4.78 is 3.97. The van der Waals surface area contributed by atoms with E-state index in [4.69, 9.17) is 0 Å². The van der Waals surface area contributed by atoms with Crippen LogP contribution in [0, 0.1) is 11.8 Å².